The van der Waals surface area contributed by atoms with Crippen LogP contribution in [0.5, 0.6) is 5.88 Å². The molecule has 0 radical (unpaired) electrons. The summed E-state index contributed by atoms with van der Waals surface area (Å²) in [7, 11) is 0. The van der Waals surface area contributed by atoms with Crippen molar-refractivity contribution in [2.75, 3.05) is 0 Å². The predicted molar refractivity (Wildman–Crippen MR) is 55.5 cm³/mol. The second-order valence-corrected chi connectivity index (χ2v) is 4.66. The maximum atomic E-state index is 6.01. The first-order valence-electron chi connectivity index (χ1n) is 4.58. The number of nitrogens with two attached hydrogens (primary N) is 1. The van der Waals surface area contributed by atoms with Gasteiger partial charge < -0.3 is 10.5 Å². The Hall–Kier alpha value is -0.800. The summed E-state index contributed by atoms with van der Waals surface area (Å²) in [5.41, 5.74) is 6.67. The van der Waals surface area contributed by atoms with Crippen LogP contribution in [0.3, 0.4) is 0 Å². The number of halogens is 1. The van der Waals surface area contributed by atoms with Gasteiger partial charge in [-0.2, -0.15) is 0 Å². The summed E-state index contributed by atoms with van der Waals surface area (Å²) in [6.45, 7) is 4.01. The van der Waals surface area contributed by atoms with E-state index >= 15 is 0 Å². The van der Waals surface area contributed by atoms with Gasteiger partial charge in [0.05, 0.1) is 5.02 Å². The van der Waals surface area contributed by atoms with E-state index in [-0.39, 0.29) is 11.6 Å². The molecule has 76 valence electrons. The molecule has 4 heteroatoms. The van der Waals surface area contributed by atoms with Gasteiger partial charge in [-0.1, -0.05) is 11.6 Å². The molecular formula is C10H13ClN2O. The zero-order chi connectivity index (χ0) is 10.3. The average molecular weight is 213 g/mol. The number of nitrogens with zero attached hydrogens (tertiary/aromatic N) is 1. The largest absolute Gasteiger partial charge is 0.471 e. The van der Waals surface area contributed by atoms with Gasteiger partial charge in [0.2, 0.25) is 5.88 Å². The molecule has 14 heavy (non-hydrogen) atoms. The Balaban J connectivity index is 2.45. The minimum atomic E-state index is -0.243. The van der Waals surface area contributed by atoms with Crippen LogP contribution in [0.2, 0.25) is 5.02 Å². The molecule has 3 nitrogen and oxygen atoms in total. The van der Waals surface area contributed by atoms with Crippen molar-refractivity contribution in [2.24, 2.45) is 5.73 Å². The van der Waals surface area contributed by atoms with Gasteiger partial charge in [0.1, 0.15) is 5.60 Å². The van der Waals surface area contributed by atoms with E-state index in [1.54, 1.807) is 6.20 Å². The van der Waals surface area contributed by atoms with E-state index in [9.17, 15) is 0 Å². The first-order valence-corrected chi connectivity index (χ1v) is 4.96. The zero-order valence-electron chi connectivity index (χ0n) is 8.25. The molecule has 0 spiro atoms. The third kappa shape index (κ3) is 1.70. The van der Waals surface area contributed by atoms with E-state index in [1.807, 2.05) is 19.9 Å². The second-order valence-electron chi connectivity index (χ2n) is 4.22. The van der Waals surface area contributed by atoms with Crippen molar-refractivity contribution in [3.63, 3.8) is 0 Å². The van der Waals surface area contributed by atoms with Crippen LogP contribution in [0.1, 0.15) is 31.9 Å². The molecule has 2 N–H and O–H groups in total. The van der Waals surface area contributed by atoms with E-state index in [0.29, 0.717) is 10.9 Å². The lowest BCUT2D eigenvalue weighted by Gasteiger charge is -2.35. The Labute approximate surface area is 88.2 Å². The van der Waals surface area contributed by atoms with Crippen molar-refractivity contribution in [2.45, 2.75) is 31.9 Å². The molecule has 0 bridgehead atoms. The van der Waals surface area contributed by atoms with Gasteiger partial charge >= 0.3 is 0 Å². The maximum absolute atomic E-state index is 6.01. The molecule has 1 aromatic heterocycles. The smallest absolute Gasteiger partial charge is 0.218 e. The first-order chi connectivity index (χ1) is 6.48. The lowest BCUT2D eigenvalue weighted by atomic mass is 9.92. The topological polar surface area (TPSA) is 48.1 Å². The summed E-state index contributed by atoms with van der Waals surface area (Å²) in [5, 5.41) is 0.600. The Bertz CT molecular complexity index is 365. The van der Waals surface area contributed by atoms with Gasteiger partial charge in [0.25, 0.3) is 0 Å². The molecule has 1 aliphatic heterocycles. The lowest BCUT2D eigenvalue weighted by Crippen LogP contribution is -2.37. The highest BCUT2D eigenvalue weighted by atomic mass is 35.5. The fourth-order valence-corrected chi connectivity index (χ4v) is 1.90. The predicted octanol–water partition coefficient (Wildman–Crippen LogP) is 2.30. The highest BCUT2D eigenvalue weighted by Gasteiger charge is 2.32. The average Bonchev–Trinajstić information content (AvgIpc) is 2.05. The van der Waals surface area contributed by atoms with E-state index in [1.165, 1.54) is 0 Å². The van der Waals surface area contributed by atoms with Gasteiger partial charge in [-0.15, -0.1) is 0 Å². The fourth-order valence-electron chi connectivity index (χ4n) is 1.74. The third-order valence-electron chi connectivity index (χ3n) is 2.33. The summed E-state index contributed by atoms with van der Waals surface area (Å²) in [5.74, 6) is 0.609. The molecule has 2 rings (SSSR count). The van der Waals surface area contributed by atoms with Crippen LogP contribution in [-0.4, -0.2) is 10.6 Å². The Morgan fingerprint density at radius 2 is 2.36 bits per heavy atom. The Morgan fingerprint density at radius 3 is 3.07 bits per heavy atom. The number of hydrogen-bond acceptors (Lipinski definition) is 3. The second kappa shape index (κ2) is 3.11. The normalized spacial score (nSPS) is 23.9. The first kappa shape index (κ1) is 9.74. The quantitative estimate of drug-likeness (QED) is 0.718. The van der Waals surface area contributed by atoms with E-state index in [2.05, 4.69) is 4.98 Å². The Morgan fingerprint density at radius 1 is 1.64 bits per heavy atom. The molecular weight excluding hydrogens is 200 g/mol. The van der Waals surface area contributed by atoms with Crippen LogP contribution in [0.15, 0.2) is 12.3 Å². The molecule has 0 fully saturated rings. The number of ether oxygens (including phenoxy) is 1. The van der Waals surface area contributed by atoms with Gasteiger partial charge in [0, 0.05) is 24.2 Å². The minimum absolute atomic E-state index is 0.0417. The number of pyridine rings is 1. The van der Waals surface area contributed by atoms with Crippen molar-refractivity contribution in [1.29, 1.82) is 0 Å². The number of aromatic nitrogens is 1. The highest BCUT2D eigenvalue weighted by Crippen LogP contribution is 2.37. The Kier molecular flexibility index (Phi) is 2.16. The molecule has 0 aliphatic carbocycles. The van der Waals surface area contributed by atoms with Gasteiger partial charge in [0.15, 0.2) is 0 Å². The summed E-state index contributed by atoms with van der Waals surface area (Å²) in [6.07, 6.45) is 2.36. The molecule has 0 saturated heterocycles. The van der Waals surface area contributed by atoms with Crippen molar-refractivity contribution < 1.29 is 4.74 Å². The standard InChI is InChI=1S/C10H13ClN2O/c1-10(2)4-8(12)7-3-6(11)5-13-9(7)14-10/h3,5,8H,4,12H2,1-2H3. The van der Waals surface area contributed by atoms with E-state index < -0.39 is 0 Å². The minimum Gasteiger partial charge on any atom is -0.471 e. The van der Waals surface area contributed by atoms with E-state index in [0.717, 1.165) is 12.0 Å². The maximum Gasteiger partial charge on any atom is 0.218 e. The zero-order valence-corrected chi connectivity index (χ0v) is 9.01. The summed E-state index contributed by atoms with van der Waals surface area (Å²) < 4.78 is 5.69. The summed E-state index contributed by atoms with van der Waals surface area (Å²) >= 11 is 5.84. The van der Waals surface area contributed by atoms with Gasteiger partial charge in [-0.05, 0) is 19.9 Å². The van der Waals surface area contributed by atoms with Crippen LogP contribution < -0.4 is 10.5 Å². The molecule has 0 amide bonds. The van der Waals surface area contributed by atoms with Crippen LogP contribution in [0.25, 0.3) is 0 Å². The van der Waals surface area contributed by atoms with Crippen molar-refractivity contribution in [1.82, 2.24) is 4.98 Å². The SMILES string of the molecule is CC1(C)CC(N)c2cc(Cl)cnc2O1. The van der Waals surface area contributed by atoms with Crippen molar-refractivity contribution >= 4 is 11.6 Å². The molecule has 1 unspecified atom stereocenters. The van der Waals surface area contributed by atoms with Crippen LogP contribution in [0.4, 0.5) is 0 Å². The van der Waals surface area contributed by atoms with Crippen LogP contribution >= 0.6 is 11.6 Å². The summed E-state index contributed by atoms with van der Waals surface area (Å²) in [4.78, 5) is 4.13. The number of hydrogen-bond donors (Lipinski definition) is 1. The molecule has 0 aromatic carbocycles. The number of rotatable bonds is 0. The molecule has 1 aliphatic rings. The molecule has 1 atom stereocenters. The number of fused-ring (bicyclic) bond motifs is 1. The van der Waals surface area contributed by atoms with Crippen LogP contribution in [-0.2, 0) is 0 Å². The van der Waals surface area contributed by atoms with Crippen molar-refractivity contribution in [3.05, 3.63) is 22.8 Å². The van der Waals surface area contributed by atoms with Gasteiger partial charge in [-0.3, -0.25) is 0 Å². The summed E-state index contributed by atoms with van der Waals surface area (Å²) in [6, 6.07) is 1.78. The monoisotopic (exact) mass is 212 g/mol. The van der Waals surface area contributed by atoms with Crippen molar-refractivity contribution in [3.8, 4) is 5.88 Å². The highest BCUT2D eigenvalue weighted by molar-refractivity contribution is 6.30. The fraction of sp³-hybridized carbons (Fsp3) is 0.500. The van der Waals surface area contributed by atoms with E-state index in [4.69, 9.17) is 22.1 Å². The van der Waals surface area contributed by atoms with Gasteiger partial charge in [-0.25, -0.2) is 4.98 Å². The molecule has 0 saturated carbocycles. The lowest BCUT2D eigenvalue weighted by molar-refractivity contribution is 0.0667. The molecule has 1 aromatic rings. The molecule has 2 heterocycles. The third-order valence-corrected chi connectivity index (χ3v) is 2.54. The van der Waals surface area contributed by atoms with Crippen LogP contribution in [0, 0.1) is 0 Å².